The molecule has 0 amide bonds. The average Bonchev–Trinajstić information content (AvgIpc) is 2.85. The quantitative estimate of drug-likeness (QED) is 0.720. The van der Waals surface area contributed by atoms with E-state index in [2.05, 4.69) is 10.1 Å². The van der Waals surface area contributed by atoms with Crippen molar-refractivity contribution in [1.82, 2.24) is 14.6 Å². The van der Waals surface area contributed by atoms with E-state index in [-0.39, 0.29) is 22.1 Å². The van der Waals surface area contributed by atoms with Gasteiger partial charge in [-0.1, -0.05) is 0 Å². The van der Waals surface area contributed by atoms with E-state index in [9.17, 15) is 9.18 Å². The molecular formula is C12H5FN4O2S. The molecule has 0 radical (unpaired) electrons. The van der Waals surface area contributed by atoms with Gasteiger partial charge in [-0.15, -0.1) is 5.10 Å². The highest BCUT2D eigenvalue weighted by Crippen LogP contribution is 2.27. The van der Waals surface area contributed by atoms with Crippen LogP contribution in [0.3, 0.4) is 0 Å². The Labute approximate surface area is 115 Å². The fourth-order valence-electron chi connectivity index (χ4n) is 1.51. The Kier molecular flexibility index (Phi) is 2.89. The Morgan fingerprint density at radius 1 is 1.40 bits per heavy atom. The van der Waals surface area contributed by atoms with Crippen LogP contribution in [-0.4, -0.2) is 14.6 Å². The van der Waals surface area contributed by atoms with Crippen molar-refractivity contribution in [2.45, 2.75) is 0 Å². The number of nitriles is 1. The van der Waals surface area contributed by atoms with Gasteiger partial charge in [0.05, 0.1) is 11.6 Å². The van der Waals surface area contributed by atoms with Crippen molar-refractivity contribution in [2.24, 2.45) is 0 Å². The fraction of sp³-hybridized carbons (Fsp3) is 0. The highest BCUT2D eigenvalue weighted by molar-refractivity contribution is 7.18. The lowest BCUT2D eigenvalue weighted by Crippen LogP contribution is -2.12. The molecule has 20 heavy (non-hydrogen) atoms. The molecule has 0 unspecified atom stereocenters. The van der Waals surface area contributed by atoms with Crippen molar-refractivity contribution >= 4 is 16.3 Å². The van der Waals surface area contributed by atoms with E-state index in [0.29, 0.717) is 4.96 Å². The normalized spacial score (nSPS) is 10.4. The number of nitrogens with zero attached hydrogens (tertiary/aromatic N) is 4. The fourth-order valence-corrected chi connectivity index (χ4v) is 2.26. The van der Waals surface area contributed by atoms with E-state index in [1.807, 2.05) is 6.07 Å². The van der Waals surface area contributed by atoms with E-state index in [1.165, 1.54) is 24.4 Å². The van der Waals surface area contributed by atoms with Gasteiger partial charge in [-0.3, -0.25) is 4.79 Å². The van der Waals surface area contributed by atoms with Crippen molar-refractivity contribution in [3.05, 3.63) is 52.2 Å². The predicted octanol–water partition coefficient (Wildman–Crippen LogP) is 1.95. The van der Waals surface area contributed by atoms with Gasteiger partial charge in [0.1, 0.15) is 0 Å². The van der Waals surface area contributed by atoms with Gasteiger partial charge < -0.3 is 4.74 Å². The molecule has 2 aromatic heterocycles. The zero-order valence-corrected chi connectivity index (χ0v) is 10.6. The second-order valence-corrected chi connectivity index (χ2v) is 4.62. The summed E-state index contributed by atoms with van der Waals surface area (Å²) in [5.41, 5.74) is -0.154. The summed E-state index contributed by atoms with van der Waals surface area (Å²) in [5, 5.41) is 12.6. The molecule has 0 aliphatic carbocycles. The number of benzene rings is 1. The van der Waals surface area contributed by atoms with Crippen LogP contribution in [0, 0.1) is 17.1 Å². The second kappa shape index (κ2) is 4.71. The Morgan fingerprint density at radius 2 is 2.25 bits per heavy atom. The molecule has 0 N–H and O–H groups in total. The van der Waals surface area contributed by atoms with Crippen LogP contribution in [0.2, 0.25) is 0 Å². The zero-order chi connectivity index (χ0) is 14.1. The molecule has 8 heteroatoms. The summed E-state index contributed by atoms with van der Waals surface area (Å²) < 4.78 is 20.0. The third-order valence-corrected chi connectivity index (χ3v) is 3.21. The van der Waals surface area contributed by atoms with Crippen molar-refractivity contribution in [3.8, 4) is 17.0 Å². The lowest BCUT2D eigenvalue weighted by atomic mass is 10.2. The number of halogens is 1. The van der Waals surface area contributed by atoms with E-state index >= 15 is 0 Å². The van der Waals surface area contributed by atoms with Crippen LogP contribution in [-0.2, 0) is 0 Å². The summed E-state index contributed by atoms with van der Waals surface area (Å²) >= 11 is 1.01. The Hall–Kier alpha value is -2.79. The van der Waals surface area contributed by atoms with E-state index in [4.69, 9.17) is 10.00 Å². The highest BCUT2D eigenvalue weighted by Gasteiger charge is 2.11. The van der Waals surface area contributed by atoms with Crippen molar-refractivity contribution in [3.63, 3.8) is 0 Å². The van der Waals surface area contributed by atoms with Crippen molar-refractivity contribution in [1.29, 1.82) is 5.26 Å². The van der Waals surface area contributed by atoms with Crippen LogP contribution in [0.5, 0.6) is 10.9 Å². The van der Waals surface area contributed by atoms with Gasteiger partial charge in [-0.2, -0.15) is 9.78 Å². The molecule has 1 aromatic carbocycles. The average molecular weight is 288 g/mol. The minimum absolute atomic E-state index is 0.0731. The van der Waals surface area contributed by atoms with Gasteiger partial charge in [0.2, 0.25) is 4.96 Å². The van der Waals surface area contributed by atoms with Crippen LogP contribution in [0.4, 0.5) is 4.39 Å². The molecule has 0 saturated carbocycles. The molecule has 0 spiro atoms. The summed E-state index contributed by atoms with van der Waals surface area (Å²) in [5.74, 6) is -0.750. The van der Waals surface area contributed by atoms with Crippen molar-refractivity contribution in [2.75, 3.05) is 0 Å². The lowest BCUT2D eigenvalue weighted by Gasteiger charge is -2.02. The van der Waals surface area contributed by atoms with Gasteiger partial charge in [-0.05, 0) is 29.5 Å². The first-order valence-corrected chi connectivity index (χ1v) is 6.21. The molecule has 3 rings (SSSR count). The molecule has 6 nitrogen and oxygen atoms in total. The maximum absolute atomic E-state index is 13.7. The molecule has 3 aromatic rings. The number of hydrogen-bond donors (Lipinski definition) is 0. The number of ether oxygens (including phenoxy) is 1. The summed E-state index contributed by atoms with van der Waals surface area (Å²) in [4.78, 5) is 15.8. The van der Waals surface area contributed by atoms with Gasteiger partial charge >= 0.3 is 0 Å². The van der Waals surface area contributed by atoms with Crippen LogP contribution in [0.1, 0.15) is 5.56 Å². The van der Waals surface area contributed by atoms with Gasteiger partial charge in [0.25, 0.3) is 10.8 Å². The topological polar surface area (TPSA) is 80.3 Å². The largest absolute Gasteiger partial charge is 0.427 e. The maximum Gasteiger partial charge on any atom is 0.300 e. The van der Waals surface area contributed by atoms with Crippen LogP contribution in [0.15, 0.2) is 35.3 Å². The number of fused-ring (bicyclic) bond motifs is 1. The summed E-state index contributed by atoms with van der Waals surface area (Å²) in [6.07, 6.45) is 1.36. The second-order valence-electron chi connectivity index (χ2n) is 3.70. The van der Waals surface area contributed by atoms with Crippen molar-refractivity contribution < 1.29 is 9.13 Å². The summed E-state index contributed by atoms with van der Waals surface area (Å²) in [7, 11) is 0. The molecule has 0 fully saturated rings. The predicted molar refractivity (Wildman–Crippen MR) is 68.3 cm³/mol. The zero-order valence-electron chi connectivity index (χ0n) is 9.78. The minimum Gasteiger partial charge on any atom is -0.427 e. The number of hydrogen-bond acceptors (Lipinski definition) is 6. The summed E-state index contributed by atoms with van der Waals surface area (Å²) in [6.45, 7) is 0. The standard InChI is InChI=1S/C12H5FN4O2S/c13-8-5-7(6-14)1-2-9(8)19-12-16-17-10(18)3-4-15-11(17)20-12/h1-5H. The Balaban J connectivity index is 1.99. The highest BCUT2D eigenvalue weighted by atomic mass is 32.1. The van der Waals surface area contributed by atoms with Crippen LogP contribution < -0.4 is 10.3 Å². The molecule has 0 aliphatic rings. The molecule has 2 heterocycles. The molecule has 0 bridgehead atoms. The van der Waals surface area contributed by atoms with E-state index in [1.54, 1.807) is 0 Å². The number of aromatic nitrogens is 3. The molecular weight excluding hydrogens is 283 g/mol. The van der Waals surface area contributed by atoms with E-state index < -0.39 is 5.82 Å². The first-order valence-electron chi connectivity index (χ1n) is 5.40. The molecule has 0 aliphatic heterocycles. The smallest absolute Gasteiger partial charge is 0.300 e. The summed E-state index contributed by atoms with van der Waals surface area (Å²) in [6, 6.07) is 6.91. The third-order valence-electron chi connectivity index (χ3n) is 2.41. The monoisotopic (exact) mass is 288 g/mol. The van der Waals surface area contributed by atoms with Gasteiger partial charge in [-0.25, -0.2) is 9.37 Å². The maximum atomic E-state index is 13.7. The molecule has 0 saturated heterocycles. The van der Waals surface area contributed by atoms with E-state index in [0.717, 1.165) is 21.9 Å². The number of rotatable bonds is 2. The molecule has 0 atom stereocenters. The lowest BCUT2D eigenvalue weighted by molar-refractivity contribution is 0.433. The van der Waals surface area contributed by atoms with Gasteiger partial charge in [0, 0.05) is 12.3 Å². The third kappa shape index (κ3) is 2.10. The Morgan fingerprint density at radius 3 is 2.95 bits per heavy atom. The van der Waals surface area contributed by atoms with Crippen LogP contribution >= 0.6 is 11.3 Å². The first-order chi connectivity index (χ1) is 9.67. The SMILES string of the molecule is N#Cc1ccc(Oc2nn3c(=O)ccnc3s2)c(F)c1. The minimum atomic E-state index is -0.677. The Bertz CT molecular complexity index is 896. The first kappa shape index (κ1) is 12.3. The van der Waals surface area contributed by atoms with Gasteiger partial charge in [0.15, 0.2) is 11.6 Å². The molecule has 98 valence electrons. The van der Waals surface area contributed by atoms with Crippen LogP contribution in [0.25, 0.3) is 4.96 Å².